The first-order valence-electron chi connectivity index (χ1n) is 7.90. The van der Waals surface area contributed by atoms with Crippen molar-refractivity contribution in [2.24, 2.45) is 0 Å². The van der Waals surface area contributed by atoms with Crippen molar-refractivity contribution in [1.29, 1.82) is 0 Å². The molecule has 1 aromatic rings. The third-order valence-electron chi connectivity index (χ3n) is 3.63. The maximum Gasteiger partial charge on any atom is 0.417 e. The molecule has 0 unspecified atom stereocenters. The second-order valence-corrected chi connectivity index (χ2v) is 7.56. The number of para-hydroxylation sites is 1. The van der Waals surface area contributed by atoms with Crippen molar-refractivity contribution in [3.63, 3.8) is 0 Å². The molecule has 0 aromatic heterocycles. The van der Waals surface area contributed by atoms with E-state index in [2.05, 4.69) is 10.4 Å². The summed E-state index contributed by atoms with van der Waals surface area (Å²) in [6.45, 7) is 4.82. The maximum atomic E-state index is 13.4. The molecular formula is C14H22ClN4O4P. The Morgan fingerprint density at radius 1 is 0.958 bits per heavy atom. The van der Waals surface area contributed by atoms with Gasteiger partial charge in [0, 0.05) is 26.2 Å². The quantitative estimate of drug-likeness (QED) is 0.724. The zero-order valence-corrected chi connectivity index (χ0v) is 15.0. The number of rotatable bonds is 6. The lowest BCUT2D eigenvalue weighted by atomic mass is 10.3. The molecule has 2 aliphatic rings. The summed E-state index contributed by atoms with van der Waals surface area (Å²) in [6, 6.07) is 6.97. The third kappa shape index (κ3) is 5.15. The standard InChI is InChI=1S/C14H22ClN4O4P/c15-13-3-1-2-4-14(13)23-24(20,16-18-5-9-21-10-6-18)17-19-7-11-22-12-8-19/h1-4H,5-12H2,(H2,16,17,20). The number of halogens is 1. The molecule has 2 heterocycles. The number of hydrogen-bond acceptors (Lipinski definition) is 6. The van der Waals surface area contributed by atoms with E-state index in [4.69, 9.17) is 25.6 Å². The average molecular weight is 377 g/mol. The van der Waals surface area contributed by atoms with Gasteiger partial charge in [-0.2, -0.15) is 10.4 Å². The molecule has 2 saturated heterocycles. The van der Waals surface area contributed by atoms with Gasteiger partial charge in [-0.05, 0) is 12.1 Å². The Hall–Kier alpha value is -0.700. The van der Waals surface area contributed by atoms with E-state index in [1.807, 2.05) is 10.0 Å². The van der Waals surface area contributed by atoms with Crippen LogP contribution in [0.5, 0.6) is 5.75 Å². The smallest absolute Gasteiger partial charge is 0.417 e. The van der Waals surface area contributed by atoms with Crippen molar-refractivity contribution in [3.05, 3.63) is 29.3 Å². The molecule has 1 aromatic carbocycles. The zero-order chi connectivity index (χ0) is 16.8. The predicted octanol–water partition coefficient (Wildman–Crippen LogP) is 1.50. The van der Waals surface area contributed by atoms with Crippen molar-refractivity contribution in [2.45, 2.75) is 0 Å². The SMILES string of the molecule is O=P(NN1CCOCC1)(NN1CCOCC1)Oc1ccccc1Cl. The van der Waals surface area contributed by atoms with Crippen molar-refractivity contribution >= 4 is 19.3 Å². The van der Waals surface area contributed by atoms with Crippen molar-refractivity contribution < 1.29 is 18.6 Å². The van der Waals surface area contributed by atoms with Gasteiger partial charge in [0.25, 0.3) is 0 Å². The minimum absolute atomic E-state index is 0.365. The number of nitrogens with zero attached hydrogens (tertiary/aromatic N) is 2. The van der Waals surface area contributed by atoms with Gasteiger partial charge in [0.05, 0.1) is 31.5 Å². The molecule has 8 nitrogen and oxygen atoms in total. The average Bonchev–Trinajstić information content (AvgIpc) is 2.58. The number of hydrazine groups is 2. The van der Waals surface area contributed by atoms with Crippen LogP contribution in [-0.2, 0) is 14.0 Å². The predicted molar refractivity (Wildman–Crippen MR) is 90.7 cm³/mol. The van der Waals surface area contributed by atoms with Gasteiger partial charge >= 0.3 is 7.67 Å². The van der Waals surface area contributed by atoms with Gasteiger partial charge < -0.3 is 14.0 Å². The van der Waals surface area contributed by atoms with Gasteiger partial charge in [-0.15, -0.1) is 0 Å². The summed E-state index contributed by atoms with van der Waals surface area (Å²) in [6.07, 6.45) is 0. The van der Waals surface area contributed by atoms with Crippen LogP contribution in [0.15, 0.2) is 24.3 Å². The third-order valence-corrected chi connectivity index (χ3v) is 5.49. The van der Waals surface area contributed by atoms with Gasteiger partial charge in [0.1, 0.15) is 5.75 Å². The van der Waals surface area contributed by atoms with Crippen molar-refractivity contribution in [3.8, 4) is 5.75 Å². The summed E-state index contributed by atoms with van der Waals surface area (Å²) < 4.78 is 29.8. The molecule has 0 bridgehead atoms. The van der Waals surface area contributed by atoms with Crippen LogP contribution >= 0.6 is 19.3 Å². The number of morpholine rings is 2. The van der Waals surface area contributed by atoms with Gasteiger partial charge in [-0.25, -0.2) is 14.6 Å². The highest BCUT2D eigenvalue weighted by Crippen LogP contribution is 2.42. The Labute approximate surface area is 146 Å². The van der Waals surface area contributed by atoms with E-state index >= 15 is 0 Å². The van der Waals surface area contributed by atoms with Crippen LogP contribution in [0.3, 0.4) is 0 Å². The first kappa shape index (κ1) is 18.1. The van der Waals surface area contributed by atoms with E-state index in [0.29, 0.717) is 63.4 Å². The Morgan fingerprint density at radius 2 is 1.46 bits per heavy atom. The first-order chi connectivity index (χ1) is 11.6. The molecule has 2 aliphatic heterocycles. The van der Waals surface area contributed by atoms with E-state index < -0.39 is 7.67 Å². The van der Waals surface area contributed by atoms with Crippen LogP contribution in [0.25, 0.3) is 0 Å². The van der Waals surface area contributed by atoms with Gasteiger partial charge in [-0.1, -0.05) is 23.7 Å². The summed E-state index contributed by atoms with van der Waals surface area (Å²) in [5, 5.41) is 10.1. The lowest BCUT2D eigenvalue weighted by Crippen LogP contribution is -2.51. The van der Waals surface area contributed by atoms with E-state index in [-0.39, 0.29) is 0 Å². The Kier molecular flexibility index (Phi) is 6.49. The Bertz CT molecular complexity index is 558. The second kappa shape index (κ2) is 8.60. The fraction of sp³-hybridized carbons (Fsp3) is 0.571. The molecular weight excluding hydrogens is 355 g/mol. The second-order valence-electron chi connectivity index (χ2n) is 5.47. The molecule has 3 rings (SSSR count). The zero-order valence-electron chi connectivity index (χ0n) is 13.3. The molecule has 0 atom stereocenters. The summed E-state index contributed by atoms with van der Waals surface area (Å²) in [5.74, 6) is 0.365. The Morgan fingerprint density at radius 3 is 1.96 bits per heavy atom. The lowest BCUT2D eigenvalue weighted by molar-refractivity contribution is 0.0153. The number of nitrogens with one attached hydrogen (secondary N) is 2. The normalized spacial score (nSPS) is 20.9. The van der Waals surface area contributed by atoms with Crippen LogP contribution in [0.2, 0.25) is 5.02 Å². The Balaban J connectivity index is 1.73. The van der Waals surface area contributed by atoms with Crippen molar-refractivity contribution in [2.75, 3.05) is 52.6 Å². The largest absolute Gasteiger partial charge is 0.419 e. The highest BCUT2D eigenvalue weighted by molar-refractivity contribution is 7.54. The highest BCUT2D eigenvalue weighted by atomic mass is 35.5. The minimum atomic E-state index is -3.45. The molecule has 0 radical (unpaired) electrons. The van der Waals surface area contributed by atoms with Gasteiger partial charge in [0.2, 0.25) is 0 Å². The summed E-state index contributed by atoms with van der Waals surface area (Å²) in [5.41, 5.74) is 0. The molecule has 0 aliphatic carbocycles. The maximum absolute atomic E-state index is 13.4. The number of ether oxygens (including phenoxy) is 2. The molecule has 134 valence electrons. The van der Waals surface area contributed by atoms with Gasteiger partial charge in [-0.3, -0.25) is 0 Å². The van der Waals surface area contributed by atoms with Crippen LogP contribution in [0.1, 0.15) is 0 Å². The van der Waals surface area contributed by atoms with Crippen molar-refractivity contribution in [1.82, 2.24) is 20.4 Å². The van der Waals surface area contributed by atoms with E-state index in [1.54, 1.807) is 24.3 Å². The monoisotopic (exact) mass is 376 g/mol. The van der Waals surface area contributed by atoms with E-state index in [9.17, 15) is 4.57 Å². The van der Waals surface area contributed by atoms with E-state index in [0.717, 1.165) is 0 Å². The summed E-state index contributed by atoms with van der Waals surface area (Å²) in [7, 11) is -3.45. The molecule has 2 N–H and O–H groups in total. The summed E-state index contributed by atoms with van der Waals surface area (Å²) in [4.78, 5) is 0. The molecule has 0 spiro atoms. The highest BCUT2D eigenvalue weighted by Gasteiger charge is 2.32. The number of benzene rings is 1. The van der Waals surface area contributed by atoms with Crippen LogP contribution in [0.4, 0.5) is 0 Å². The molecule has 0 amide bonds. The number of hydrogen-bond donors (Lipinski definition) is 2. The van der Waals surface area contributed by atoms with Gasteiger partial charge in [0.15, 0.2) is 0 Å². The minimum Gasteiger partial charge on any atom is -0.419 e. The fourth-order valence-electron chi connectivity index (χ4n) is 2.42. The lowest BCUT2D eigenvalue weighted by Gasteiger charge is -2.35. The molecule has 0 saturated carbocycles. The van der Waals surface area contributed by atoms with Crippen LogP contribution in [-0.4, -0.2) is 62.6 Å². The van der Waals surface area contributed by atoms with E-state index in [1.165, 1.54) is 0 Å². The summed E-state index contributed by atoms with van der Waals surface area (Å²) >= 11 is 6.15. The fourth-order valence-corrected chi connectivity index (χ4v) is 4.35. The topological polar surface area (TPSA) is 75.3 Å². The van der Waals surface area contributed by atoms with Crippen LogP contribution in [0, 0.1) is 0 Å². The first-order valence-corrected chi connectivity index (χ1v) is 9.90. The van der Waals surface area contributed by atoms with Crippen LogP contribution < -0.4 is 14.9 Å². The molecule has 10 heteroatoms. The molecule has 2 fully saturated rings. The molecule has 24 heavy (non-hydrogen) atoms.